The smallest absolute Gasteiger partial charge is 0.0992 e. The lowest BCUT2D eigenvalue weighted by Crippen LogP contribution is -2.07. The summed E-state index contributed by atoms with van der Waals surface area (Å²) in [4.78, 5) is 0. The van der Waals surface area contributed by atoms with Gasteiger partial charge in [0.2, 0.25) is 0 Å². The second-order valence-electron chi connectivity index (χ2n) is 4.59. The Morgan fingerprint density at radius 2 is 2.00 bits per heavy atom. The fraction of sp³-hybridized carbons (Fsp3) is 0.188. The minimum atomic E-state index is 0.131. The van der Waals surface area contributed by atoms with Gasteiger partial charge in [-0.3, -0.25) is 0 Å². The van der Waals surface area contributed by atoms with Crippen molar-refractivity contribution in [3.63, 3.8) is 0 Å². The molecular formula is C16H15ClN2. The first-order chi connectivity index (χ1) is 9.10. The molecule has 0 spiro atoms. The molecule has 19 heavy (non-hydrogen) atoms. The third kappa shape index (κ3) is 3.27. The van der Waals surface area contributed by atoms with Crippen LogP contribution in [0.5, 0.6) is 0 Å². The summed E-state index contributed by atoms with van der Waals surface area (Å²) >= 11 is 6.14. The highest BCUT2D eigenvalue weighted by atomic mass is 35.5. The van der Waals surface area contributed by atoms with E-state index in [2.05, 4.69) is 43.4 Å². The SMILES string of the molecule is Cc1cccc(C(C)Nc2cc(C#N)ccc2Cl)c1. The number of anilines is 1. The average Bonchev–Trinajstić information content (AvgIpc) is 2.41. The van der Waals surface area contributed by atoms with Crippen LogP contribution in [0, 0.1) is 18.3 Å². The molecule has 0 saturated heterocycles. The normalized spacial score (nSPS) is 11.7. The molecule has 0 bridgehead atoms. The van der Waals surface area contributed by atoms with Crippen molar-refractivity contribution >= 4 is 17.3 Å². The molecule has 1 N–H and O–H groups in total. The number of hydrogen-bond donors (Lipinski definition) is 1. The maximum atomic E-state index is 8.92. The molecule has 1 atom stereocenters. The van der Waals surface area contributed by atoms with Gasteiger partial charge in [0.25, 0.3) is 0 Å². The summed E-state index contributed by atoms with van der Waals surface area (Å²) in [5.41, 5.74) is 3.81. The molecule has 0 fully saturated rings. The van der Waals surface area contributed by atoms with E-state index in [1.807, 2.05) is 6.07 Å². The van der Waals surface area contributed by atoms with Gasteiger partial charge in [0.1, 0.15) is 0 Å². The summed E-state index contributed by atoms with van der Waals surface area (Å²) in [7, 11) is 0. The molecule has 2 rings (SSSR count). The van der Waals surface area contributed by atoms with E-state index in [1.54, 1.807) is 18.2 Å². The third-order valence-corrected chi connectivity index (χ3v) is 3.34. The number of nitrogens with zero attached hydrogens (tertiary/aromatic N) is 1. The van der Waals surface area contributed by atoms with Crippen LogP contribution in [0.2, 0.25) is 5.02 Å². The van der Waals surface area contributed by atoms with Gasteiger partial charge in [-0.25, -0.2) is 0 Å². The number of nitriles is 1. The van der Waals surface area contributed by atoms with Crippen molar-refractivity contribution in [3.05, 3.63) is 64.2 Å². The van der Waals surface area contributed by atoms with Gasteiger partial charge in [0.15, 0.2) is 0 Å². The second-order valence-corrected chi connectivity index (χ2v) is 4.99. The number of halogens is 1. The van der Waals surface area contributed by atoms with Crippen LogP contribution in [0.4, 0.5) is 5.69 Å². The Bertz CT molecular complexity index is 629. The highest BCUT2D eigenvalue weighted by Crippen LogP contribution is 2.27. The van der Waals surface area contributed by atoms with Gasteiger partial charge < -0.3 is 5.32 Å². The van der Waals surface area contributed by atoms with Crippen molar-refractivity contribution in [1.82, 2.24) is 0 Å². The summed E-state index contributed by atoms with van der Waals surface area (Å²) in [6.45, 7) is 4.14. The molecule has 2 aromatic rings. The van der Waals surface area contributed by atoms with Crippen molar-refractivity contribution in [1.29, 1.82) is 5.26 Å². The van der Waals surface area contributed by atoms with Gasteiger partial charge in [-0.1, -0.05) is 41.4 Å². The first-order valence-electron chi connectivity index (χ1n) is 6.13. The molecule has 96 valence electrons. The van der Waals surface area contributed by atoms with Crippen LogP contribution in [0.25, 0.3) is 0 Å². The predicted molar refractivity (Wildman–Crippen MR) is 79.4 cm³/mol. The first kappa shape index (κ1) is 13.5. The van der Waals surface area contributed by atoms with Crippen LogP contribution in [0.3, 0.4) is 0 Å². The maximum Gasteiger partial charge on any atom is 0.0992 e. The van der Waals surface area contributed by atoms with Gasteiger partial charge >= 0.3 is 0 Å². The van der Waals surface area contributed by atoms with E-state index in [4.69, 9.17) is 16.9 Å². The lowest BCUT2D eigenvalue weighted by atomic mass is 10.1. The summed E-state index contributed by atoms with van der Waals surface area (Å²) in [5.74, 6) is 0. The average molecular weight is 271 g/mol. The molecule has 0 aromatic heterocycles. The fourth-order valence-electron chi connectivity index (χ4n) is 1.96. The number of aryl methyl sites for hydroxylation is 1. The topological polar surface area (TPSA) is 35.8 Å². The Kier molecular flexibility index (Phi) is 4.09. The zero-order valence-corrected chi connectivity index (χ0v) is 11.7. The minimum Gasteiger partial charge on any atom is -0.377 e. The van der Waals surface area contributed by atoms with E-state index >= 15 is 0 Å². The summed E-state index contributed by atoms with van der Waals surface area (Å²) in [5, 5.41) is 12.9. The molecule has 0 aliphatic carbocycles. The molecule has 0 radical (unpaired) electrons. The molecule has 2 nitrogen and oxygen atoms in total. The lowest BCUT2D eigenvalue weighted by Gasteiger charge is -2.17. The molecule has 0 heterocycles. The molecule has 3 heteroatoms. The summed E-state index contributed by atoms with van der Waals surface area (Å²) < 4.78 is 0. The largest absolute Gasteiger partial charge is 0.377 e. The maximum absolute atomic E-state index is 8.92. The highest BCUT2D eigenvalue weighted by Gasteiger charge is 2.08. The molecule has 2 aromatic carbocycles. The van der Waals surface area contributed by atoms with E-state index in [1.165, 1.54) is 11.1 Å². The van der Waals surface area contributed by atoms with E-state index in [0.717, 1.165) is 5.69 Å². The Hall–Kier alpha value is -1.98. The Balaban J connectivity index is 2.24. The van der Waals surface area contributed by atoms with Crippen molar-refractivity contribution < 1.29 is 0 Å². The number of benzene rings is 2. The fourth-order valence-corrected chi connectivity index (χ4v) is 2.13. The van der Waals surface area contributed by atoms with Crippen LogP contribution in [0.1, 0.15) is 29.7 Å². The summed E-state index contributed by atoms with van der Waals surface area (Å²) in [6, 6.07) is 15.8. The van der Waals surface area contributed by atoms with Gasteiger partial charge in [-0.05, 0) is 37.6 Å². The van der Waals surface area contributed by atoms with Crippen molar-refractivity contribution in [2.24, 2.45) is 0 Å². The third-order valence-electron chi connectivity index (χ3n) is 3.01. The monoisotopic (exact) mass is 270 g/mol. The Labute approximate surface area is 118 Å². The van der Waals surface area contributed by atoms with Gasteiger partial charge in [-0.2, -0.15) is 5.26 Å². The van der Waals surface area contributed by atoms with Crippen LogP contribution < -0.4 is 5.32 Å². The van der Waals surface area contributed by atoms with Crippen molar-refractivity contribution in [3.8, 4) is 6.07 Å². The summed E-state index contributed by atoms with van der Waals surface area (Å²) in [6.07, 6.45) is 0. The first-order valence-corrected chi connectivity index (χ1v) is 6.50. The van der Waals surface area contributed by atoms with E-state index in [0.29, 0.717) is 10.6 Å². The molecule has 0 saturated carbocycles. The quantitative estimate of drug-likeness (QED) is 0.878. The molecule has 0 aliphatic rings. The Morgan fingerprint density at radius 1 is 1.21 bits per heavy atom. The van der Waals surface area contributed by atoms with Crippen LogP contribution in [-0.4, -0.2) is 0 Å². The zero-order valence-electron chi connectivity index (χ0n) is 10.9. The van der Waals surface area contributed by atoms with Crippen molar-refractivity contribution in [2.45, 2.75) is 19.9 Å². The number of rotatable bonds is 3. The van der Waals surface area contributed by atoms with Gasteiger partial charge in [0.05, 0.1) is 22.3 Å². The molecule has 1 unspecified atom stereocenters. The number of nitrogens with one attached hydrogen (secondary N) is 1. The van der Waals surface area contributed by atoms with Gasteiger partial charge in [-0.15, -0.1) is 0 Å². The van der Waals surface area contributed by atoms with Crippen LogP contribution in [0.15, 0.2) is 42.5 Å². The van der Waals surface area contributed by atoms with Crippen LogP contribution in [-0.2, 0) is 0 Å². The number of hydrogen-bond acceptors (Lipinski definition) is 2. The molecular weight excluding hydrogens is 256 g/mol. The molecule has 0 aliphatic heterocycles. The zero-order chi connectivity index (χ0) is 13.8. The molecule has 0 amide bonds. The van der Waals surface area contributed by atoms with E-state index < -0.39 is 0 Å². The highest BCUT2D eigenvalue weighted by molar-refractivity contribution is 6.33. The van der Waals surface area contributed by atoms with E-state index in [9.17, 15) is 0 Å². The van der Waals surface area contributed by atoms with Crippen molar-refractivity contribution in [2.75, 3.05) is 5.32 Å². The van der Waals surface area contributed by atoms with Gasteiger partial charge in [0, 0.05) is 6.04 Å². The second kappa shape index (κ2) is 5.77. The van der Waals surface area contributed by atoms with Crippen LogP contribution >= 0.6 is 11.6 Å². The standard InChI is InChI=1S/C16H15ClN2/c1-11-4-3-5-14(8-11)12(2)19-16-9-13(10-18)6-7-15(16)17/h3-9,12,19H,1-2H3. The predicted octanol–water partition coefficient (Wildman–Crippen LogP) is 4.69. The van der Waals surface area contributed by atoms with E-state index in [-0.39, 0.29) is 6.04 Å². The lowest BCUT2D eigenvalue weighted by molar-refractivity contribution is 0.883. The minimum absolute atomic E-state index is 0.131. The Morgan fingerprint density at radius 3 is 2.68 bits per heavy atom.